The molecule has 0 fully saturated rings. The van der Waals surface area contributed by atoms with Crippen molar-refractivity contribution >= 4 is 21.6 Å². The maximum Gasteiger partial charge on any atom is 0.0630 e. The predicted octanol–water partition coefficient (Wildman–Crippen LogP) is 2.35. The molecule has 0 aromatic rings. The Morgan fingerprint density at radius 2 is 2.17 bits per heavy atom. The number of nitrogens with one attached hydrogen (secondary N) is 2. The summed E-state index contributed by atoms with van der Waals surface area (Å²) in [6.45, 7) is 1.96. The second-order valence-corrected chi connectivity index (χ2v) is 3.48. The van der Waals surface area contributed by atoms with Crippen molar-refractivity contribution in [3.8, 4) is 0 Å². The van der Waals surface area contributed by atoms with Crippen molar-refractivity contribution in [2.45, 2.75) is 6.92 Å². The number of halogens is 1. The van der Waals surface area contributed by atoms with E-state index < -0.39 is 0 Å². The van der Waals surface area contributed by atoms with Crippen molar-refractivity contribution < 1.29 is 0 Å². The number of rotatable bonds is 1. The molecule has 2 nitrogen and oxygen atoms in total. The summed E-state index contributed by atoms with van der Waals surface area (Å²) in [7, 11) is 1.86. The Hall–Kier alpha value is -0.830. The highest BCUT2D eigenvalue weighted by Crippen LogP contribution is 2.19. The van der Waals surface area contributed by atoms with Crippen LogP contribution in [0.1, 0.15) is 6.92 Å². The SMILES string of the molecule is CN/C(C)=C1/C=C(Br)C=CC1=N. The molecule has 0 aromatic carbocycles. The van der Waals surface area contributed by atoms with Gasteiger partial charge < -0.3 is 10.7 Å². The Morgan fingerprint density at radius 1 is 1.50 bits per heavy atom. The Labute approximate surface area is 80.7 Å². The predicted molar refractivity (Wildman–Crippen MR) is 55.6 cm³/mol. The zero-order chi connectivity index (χ0) is 9.14. The van der Waals surface area contributed by atoms with Gasteiger partial charge in [-0.15, -0.1) is 0 Å². The average Bonchev–Trinajstić information content (AvgIpc) is 2.08. The molecule has 1 aliphatic rings. The second-order valence-electron chi connectivity index (χ2n) is 2.56. The van der Waals surface area contributed by atoms with Gasteiger partial charge in [-0.3, -0.25) is 0 Å². The van der Waals surface area contributed by atoms with Gasteiger partial charge in [-0.05, 0) is 25.2 Å². The van der Waals surface area contributed by atoms with Gasteiger partial charge in [0.2, 0.25) is 0 Å². The first-order valence-corrected chi connectivity index (χ1v) is 4.47. The topological polar surface area (TPSA) is 35.9 Å². The fourth-order valence-corrected chi connectivity index (χ4v) is 1.32. The zero-order valence-corrected chi connectivity index (χ0v) is 8.70. The molecule has 64 valence electrons. The molecule has 0 saturated carbocycles. The first kappa shape index (κ1) is 9.26. The van der Waals surface area contributed by atoms with Crippen LogP contribution in [0.3, 0.4) is 0 Å². The minimum absolute atomic E-state index is 0.546. The molecular weight excluding hydrogens is 216 g/mol. The first-order valence-electron chi connectivity index (χ1n) is 3.68. The molecule has 0 radical (unpaired) electrons. The van der Waals surface area contributed by atoms with E-state index >= 15 is 0 Å². The van der Waals surface area contributed by atoms with Gasteiger partial charge in [-0.1, -0.05) is 15.9 Å². The van der Waals surface area contributed by atoms with Crippen LogP contribution in [0, 0.1) is 5.41 Å². The smallest absolute Gasteiger partial charge is 0.0630 e. The van der Waals surface area contributed by atoms with Gasteiger partial charge >= 0.3 is 0 Å². The lowest BCUT2D eigenvalue weighted by atomic mass is 10.0. The molecule has 0 aliphatic heterocycles. The quantitative estimate of drug-likeness (QED) is 0.708. The van der Waals surface area contributed by atoms with Crippen LogP contribution < -0.4 is 5.32 Å². The standard InChI is InChI=1S/C9H11BrN2/c1-6(12-2)8-5-7(10)3-4-9(8)11/h3-5,11-12H,1-2H3/b8-6-,11-9?. The molecule has 0 atom stereocenters. The minimum atomic E-state index is 0.546. The van der Waals surface area contributed by atoms with E-state index in [1.807, 2.05) is 26.1 Å². The fourth-order valence-electron chi connectivity index (χ4n) is 0.961. The first-order chi connectivity index (χ1) is 5.65. The fraction of sp³-hybridized carbons (Fsp3) is 0.222. The highest BCUT2D eigenvalue weighted by atomic mass is 79.9. The lowest BCUT2D eigenvalue weighted by Gasteiger charge is -2.10. The molecule has 0 unspecified atom stereocenters. The van der Waals surface area contributed by atoms with E-state index in [9.17, 15) is 0 Å². The van der Waals surface area contributed by atoms with E-state index in [0.29, 0.717) is 5.71 Å². The van der Waals surface area contributed by atoms with Crippen LogP contribution in [0.4, 0.5) is 0 Å². The molecule has 3 heteroatoms. The van der Waals surface area contributed by atoms with Gasteiger partial charge in [0.15, 0.2) is 0 Å². The third kappa shape index (κ3) is 1.85. The Morgan fingerprint density at radius 3 is 2.75 bits per heavy atom. The second kappa shape index (κ2) is 3.72. The van der Waals surface area contributed by atoms with E-state index in [4.69, 9.17) is 5.41 Å². The van der Waals surface area contributed by atoms with Crippen LogP contribution in [-0.4, -0.2) is 12.8 Å². The summed E-state index contributed by atoms with van der Waals surface area (Å²) in [5, 5.41) is 10.6. The van der Waals surface area contributed by atoms with E-state index in [0.717, 1.165) is 15.8 Å². The number of hydrogen-bond acceptors (Lipinski definition) is 2. The number of allylic oxidation sites excluding steroid dienone is 6. The molecule has 0 saturated heterocycles. The summed E-state index contributed by atoms with van der Waals surface area (Å²) in [5.41, 5.74) is 2.50. The van der Waals surface area contributed by atoms with Crippen molar-refractivity contribution in [3.63, 3.8) is 0 Å². The normalized spacial score (nSPS) is 20.6. The molecule has 0 bridgehead atoms. The summed E-state index contributed by atoms with van der Waals surface area (Å²) in [6, 6.07) is 0. The molecule has 0 amide bonds. The highest BCUT2D eigenvalue weighted by molar-refractivity contribution is 9.11. The molecule has 0 spiro atoms. The van der Waals surface area contributed by atoms with Crippen molar-refractivity contribution in [2.75, 3.05) is 7.05 Å². The van der Waals surface area contributed by atoms with Gasteiger partial charge in [0.25, 0.3) is 0 Å². The molecule has 1 rings (SSSR count). The summed E-state index contributed by atoms with van der Waals surface area (Å²) >= 11 is 3.37. The number of hydrogen-bond donors (Lipinski definition) is 2. The molecule has 12 heavy (non-hydrogen) atoms. The van der Waals surface area contributed by atoms with Crippen LogP contribution in [0.2, 0.25) is 0 Å². The van der Waals surface area contributed by atoms with E-state index in [-0.39, 0.29) is 0 Å². The summed E-state index contributed by atoms with van der Waals surface area (Å²) in [4.78, 5) is 0. The van der Waals surface area contributed by atoms with Gasteiger partial charge in [0.05, 0.1) is 5.71 Å². The zero-order valence-electron chi connectivity index (χ0n) is 7.11. The lowest BCUT2D eigenvalue weighted by molar-refractivity contribution is 0.981. The maximum absolute atomic E-state index is 7.62. The lowest BCUT2D eigenvalue weighted by Crippen LogP contribution is -2.11. The average molecular weight is 227 g/mol. The summed E-state index contributed by atoms with van der Waals surface area (Å²) in [6.07, 6.45) is 5.59. The van der Waals surface area contributed by atoms with Gasteiger partial charge in [-0.2, -0.15) is 0 Å². The van der Waals surface area contributed by atoms with Gasteiger partial charge in [-0.25, -0.2) is 0 Å². The van der Waals surface area contributed by atoms with E-state index in [1.165, 1.54) is 0 Å². The van der Waals surface area contributed by atoms with Gasteiger partial charge in [0.1, 0.15) is 0 Å². The van der Waals surface area contributed by atoms with Crippen LogP contribution >= 0.6 is 15.9 Å². The monoisotopic (exact) mass is 226 g/mol. The van der Waals surface area contributed by atoms with Crippen LogP contribution in [0.5, 0.6) is 0 Å². The van der Waals surface area contributed by atoms with Crippen molar-refractivity contribution in [2.24, 2.45) is 0 Å². The Kier molecular flexibility index (Phi) is 2.87. The van der Waals surface area contributed by atoms with E-state index in [1.54, 1.807) is 6.08 Å². The Bertz CT molecular complexity index is 298. The van der Waals surface area contributed by atoms with Crippen LogP contribution in [0.15, 0.2) is 34.0 Å². The highest BCUT2D eigenvalue weighted by Gasteiger charge is 2.07. The maximum atomic E-state index is 7.62. The van der Waals surface area contributed by atoms with Crippen molar-refractivity contribution in [1.82, 2.24) is 5.32 Å². The van der Waals surface area contributed by atoms with Crippen molar-refractivity contribution in [1.29, 1.82) is 5.41 Å². The molecule has 0 aromatic heterocycles. The minimum Gasteiger partial charge on any atom is -0.391 e. The van der Waals surface area contributed by atoms with Crippen molar-refractivity contribution in [3.05, 3.63) is 34.0 Å². The van der Waals surface area contributed by atoms with Crippen LogP contribution in [-0.2, 0) is 0 Å². The third-order valence-electron chi connectivity index (χ3n) is 1.76. The third-order valence-corrected chi connectivity index (χ3v) is 2.25. The van der Waals surface area contributed by atoms with Crippen LogP contribution in [0.25, 0.3) is 0 Å². The molecule has 2 N–H and O–H groups in total. The summed E-state index contributed by atoms with van der Waals surface area (Å²) in [5.74, 6) is 0. The molecule has 1 aliphatic carbocycles. The Balaban J connectivity index is 3.07. The summed E-state index contributed by atoms with van der Waals surface area (Å²) < 4.78 is 1.00. The van der Waals surface area contributed by atoms with Gasteiger partial charge in [0, 0.05) is 22.8 Å². The molecular formula is C9H11BrN2. The molecule has 0 heterocycles. The largest absolute Gasteiger partial charge is 0.391 e. The van der Waals surface area contributed by atoms with E-state index in [2.05, 4.69) is 21.2 Å².